The van der Waals surface area contributed by atoms with Crippen molar-refractivity contribution < 1.29 is 0 Å². The first kappa shape index (κ1) is 34.3. The second-order valence-electron chi connectivity index (χ2n) is 8.77. The van der Waals surface area contributed by atoms with Gasteiger partial charge in [-0.3, -0.25) is 39.9 Å². The number of nitrogens with one attached hydrogen (secondary N) is 8. The summed E-state index contributed by atoms with van der Waals surface area (Å²) in [6, 6.07) is 31.9. The number of imidazole rings is 4. The van der Waals surface area contributed by atoms with Crippen LogP contribution in [0.4, 0.5) is 0 Å². The van der Waals surface area contributed by atoms with Gasteiger partial charge in [-0.15, -0.1) is 0 Å². The summed E-state index contributed by atoms with van der Waals surface area (Å²) < 4.78 is 3.17. The number of aromatic nitrogens is 8. The average molecular weight is 920 g/mol. The van der Waals surface area contributed by atoms with Crippen LogP contribution < -0.4 is 0 Å². The standard InChI is InChI=1S/4C7H6N2S.Bi.3ClH/c4*10-7-8-5-3-1-2-4-6(5)9-7;;;;/h4*1-4H,(H2,8,9,10);;3*1H/q;;;;+3;;;/p+1. The number of thiol groups is 4. The predicted molar refractivity (Wildman–Crippen MR) is 202 cm³/mol. The number of hydrogen-bond donors (Lipinski definition) is 8. The second kappa shape index (κ2) is 17.2. The molecule has 44 heavy (non-hydrogen) atoms. The average Bonchev–Trinajstić information content (AvgIpc) is 3.75. The molecule has 4 heterocycles. The first-order chi connectivity index (χ1) is 21.2. The van der Waals surface area contributed by atoms with Gasteiger partial charge in [0.05, 0.1) is 44.1 Å². The molecule has 8 N–H and O–H groups in total. The van der Waals surface area contributed by atoms with Gasteiger partial charge in [0.25, 0.3) is 0 Å². The third-order valence-electron chi connectivity index (χ3n) is 5.73. The summed E-state index contributed by atoms with van der Waals surface area (Å²) in [6.45, 7) is 0. The normalized spacial score (nSPS) is 10.3. The van der Waals surface area contributed by atoms with Gasteiger partial charge < -0.3 is 0 Å². The molecule has 226 valence electrons. The maximum Gasteiger partial charge on any atom is 0.369 e. The number of halogens is 3. The molecule has 0 aliphatic carbocycles. The van der Waals surface area contributed by atoms with Gasteiger partial charge in [0.2, 0.25) is 48.9 Å². The molecule has 0 aliphatic rings. The third kappa shape index (κ3) is 10.8. The second-order valence-corrected chi connectivity index (χ2v) is 25.5. The summed E-state index contributed by atoms with van der Waals surface area (Å²) in [6.07, 6.45) is 0. The smallest absolute Gasteiger partial charge is 0.291 e. The zero-order valence-corrected chi connectivity index (χ0v) is 31.9. The van der Waals surface area contributed by atoms with E-state index in [1.54, 1.807) is 0 Å². The van der Waals surface area contributed by atoms with Crippen LogP contribution in [0.15, 0.2) is 97.1 Å². The monoisotopic (exact) mass is 918 g/mol. The van der Waals surface area contributed by atoms with Crippen molar-refractivity contribution in [3.63, 3.8) is 0 Å². The molecule has 0 bridgehead atoms. The predicted octanol–water partition coefficient (Wildman–Crippen LogP) is 6.92. The Labute approximate surface area is 289 Å². The van der Waals surface area contributed by atoms with E-state index in [0.29, 0.717) is 0 Å². The largest absolute Gasteiger partial charge is 0.369 e. The van der Waals surface area contributed by atoms with Crippen molar-refractivity contribution in [2.24, 2.45) is 0 Å². The van der Waals surface area contributed by atoms with E-state index in [4.69, 9.17) is 25.5 Å². The topological polar surface area (TPSA) is 126 Å². The Morgan fingerprint density at radius 2 is 0.432 bits per heavy atom. The third-order valence-corrected chi connectivity index (χ3v) is 6.63. The Morgan fingerprint density at radius 3 is 0.545 bits per heavy atom. The molecule has 0 spiro atoms. The summed E-state index contributed by atoms with van der Waals surface area (Å²) in [5, 5.41) is 0. The van der Waals surface area contributed by atoms with Crippen LogP contribution in [0.1, 0.15) is 0 Å². The number of aromatic amines is 8. The van der Waals surface area contributed by atoms with Crippen molar-refractivity contribution >= 4 is 137 Å². The maximum atomic E-state index is 5.01. The number of benzene rings is 4. The Hall–Kier alpha value is -2.61. The number of hydrogen-bond acceptors (Lipinski definition) is 0. The first-order valence-electron chi connectivity index (χ1n) is 12.7. The van der Waals surface area contributed by atoms with Crippen LogP contribution in [-0.2, 0) is 48.9 Å². The molecule has 4 aromatic heterocycles. The summed E-state index contributed by atoms with van der Waals surface area (Å²) in [5.41, 5.74) is 8.72. The Bertz CT molecular complexity index is 1840. The molecule has 8 nitrogen and oxygen atoms in total. The molecular formula is C28H28BiCl3N8S4+4. The maximum absolute atomic E-state index is 5.01. The van der Waals surface area contributed by atoms with E-state index in [-0.39, 0.29) is 0 Å². The molecule has 0 aliphatic heterocycles. The fourth-order valence-corrected chi connectivity index (χ4v) is 4.91. The van der Waals surface area contributed by atoms with Crippen LogP contribution >= 0.6 is 25.5 Å². The van der Waals surface area contributed by atoms with Crippen LogP contribution in [0.25, 0.3) is 44.1 Å². The minimum Gasteiger partial charge on any atom is -0.291 e. The van der Waals surface area contributed by atoms with Gasteiger partial charge in [-0.25, -0.2) is 0 Å². The zero-order chi connectivity index (χ0) is 31.5. The molecular weight excluding hydrogens is 892 g/mol. The number of H-pyrrole nitrogens is 8. The fourth-order valence-electron chi connectivity index (χ4n) is 3.95. The van der Waals surface area contributed by atoms with E-state index in [9.17, 15) is 0 Å². The van der Waals surface area contributed by atoms with E-state index < -0.39 is 18.2 Å². The van der Waals surface area contributed by atoms with Gasteiger partial charge in [0.15, 0.2) is 0 Å². The molecule has 0 amide bonds. The Morgan fingerprint density at radius 1 is 0.318 bits per heavy atom. The molecule has 0 fully saturated rings. The minimum absolute atomic E-state index is 0.793. The van der Waals surface area contributed by atoms with Crippen LogP contribution in [0.2, 0.25) is 0 Å². The molecule has 8 rings (SSSR count). The van der Waals surface area contributed by atoms with Gasteiger partial charge in [-0.2, -0.15) is 0 Å². The first-order valence-corrected chi connectivity index (χ1v) is 27.3. The number of rotatable bonds is 0. The van der Waals surface area contributed by atoms with E-state index in [0.717, 1.165) is 63.2 Å². The van der Waals surface area contributed by atoms with Gasteiger partial charge >= 0.3 is 62.8 Å². The molecule has 0 unspecified atom stereocenters. The quantitative estimate of drug-likeness (QED) is 0.0349. The summed E-state index contributed by atoms with van der Waals surface area (Å²) in [4.78, 5) is 24.5. The molecule has 0 saturated heterocycles. The Balaban J connectivity index is 0.000000129. The van der Waals surface area contributed by atoms with Gasteiger partial charge in [0, 0.05) is 0 Å². The molecule has 0 atom stereocenters. The number of fused-ring (bicyclic) bond motifs is 4. The van der Waals surface area contributed by atoms with E-state index >= 15 is 0 Å². The Kier molecular flexibility index (Phi) is 13.4. The van der Waals surface area contributed by atoms with Crippen molar-refractivity contribution in [3.8, 4) is 0 Å². The molecule has 0 saturated carbocycles. The van der Waals surface area contributed by atoms with Crippen LogP contribution in [0.5, 0.6) is 0 Å². The van der Waals surface area contributed by atoms with Gasteiger partial charge in [-0.1, -0.05) is 48.5 Å². The van der Waals surface area contributed by atoms with Crippen molar-refractivity contribution in [2.75, 3.05) is 0 Å². The van der Waals surface area contributed by atoms with Crippen molar-refractivity contribution in [1.82, 2.24) is 39.9 Å². The fraction of sp³-hybridized carbons (Fsp3) is 0. The van der Waals surface area contributed by atoms with Crippen molar-refractivity contribution in [2.45, 2.75) is 0 Å². The van der Waals surface area contributed by atoms with Gasteiger partial charge in [0.1, 0.15) is 0 Å². The molecule has 8 aromatic rings. The molecule has 0 radical (unpaired) electrons. The summed E-state index contributed by atoms with van der Waals surface area (Å²) >= 11 is 14.4. The number of para-hydroxylation sites is 8. The van der Waals surface area contributed by atoms with E-state index in [1.165, 1.54) is 0 Å². The SMILES string of the molecule is [Cl][Bi]([Cl])[Cl].[SH+]=c1[nH]c2ccccc2[nH]1.[SH+]=c1[nH]c2ccccc2[nH]1.[SH+]=c1[nH]c2ccccc2[nH]1.[SH+]=c1[nH]c2ccccc2[nH]1. The van der Waals surface area contributed by atoms with Crippen LogP contribution in [0, 0.1) is 19.1 Å². The minimum atomic E-state index is -2.18. The van der Waals surface area contributed by atoms with E-state index in [1.807, 2.05) is 97.1 Å². The van der Waals surface area contributed by atoms with Crippen molar-refractivity contribution in [1.29, 1.82) is 0 Å². The van der Waals surface area contributed by atoms with Crippen LogP contribution in [-0.4, -0.2) is 58.0 Å². The van der Waals surface area contributed by atoms with Crippen molar-refractivity contribution in [3.05, 3.63) is 116 Å². The summed E-state index contributed by atoms with van der Waals surface area (Å²) in [5.74, 6) is 0. The van der Waals surface area contributed by atoms with Crippen LogP contribution in [0.3, 0.4) is 0 Å². The van der Waals surface area contributed by atoms with Gasteiger partial charge in [-0.05, 0) is 48.5 Å². The summed E-state index contributed by atoms with van der Waals surface area (Å²) in [7, 11) is 15.0. The van der Waals surface area contributed by atoms with E-state index in [2.05, 4.69) is 88.7 Å². The molecule has 4 aromatic carbocycles. The zero-order valence-electron chi connectivity index (χ0n) is 22.6. The molecule has 16 heteroatoms.